The summed E-state index contributed by atoms with van der Waals surface area (Å²) in [6.45, 7) is 5.20. The van der Waals surface area contributed by atoms with Gasteiger partial charge in [0.05, 0.1) is 12.0 Å². The number of anilines is 2. The van der Waals surface area contributed by atoms with Gasteiger partial charge in [-0.1, -0.05) is 13.8 Å². The molecule has 2 N–H and O–H groups in total. The van der Waals surface area contributed by atoms with Crippen LogP contribution in [0.5, 0.6) is 0 Å². The highest BCUT2D eigenvalue weighted by Gasteiger charge is 2.08. The van der Waals surface area contributed by atoms with Crippen LogP contribution in [0.1, 0.15) is 32.4 Å². The zero-order valence-electron chi connectivity index (χ0n) is 13.9. The fraction of sp³-hybridized carbons (Fsp3) is 0.294. The van der Waals surface area contributed by atoms with E-state index in [0.29, 0.717) is 17.1 Å². The van der Waals surface area contributed by atoms with Crippen molar-refractivity contribution in [3.05, 3.63) is 52.7 Å². The molecule has 2 aromatic rings. The van der Waals surface area contributed by atoms with Crippen molar-refractivity contribution in [2.75, 3.05) is 10.6 Å². The van der Waals surface area contributed by atoms with Crippen LogP contribution >= 0.6 is 0 Å². The molecule has 0 spiro atoms. The molecule has 0 unspecified atom stereocenters. The molecule has 1 heterocycles. The summed E-state index contributed by atoms with van der Waals surface area (Å²) >= 11 is 0. The SMILES string of the molecule is CC(=O)Nc1ccc(NC(=O)Cn2cnc(C(C)C)cc2=O)cc1. The van der Waals surface area contributed by atoms with E-state index in [1.165, 1.54) is 23.9 Å². The molecular weight excluding hydrogens is 308 g/mol. The highest BCUT2D eigenvalue weighted by Crippen LogP contribution is 2.13. The first kappa shape index (κ1) is 17.4. The number of nitrogens with one attached hydrogen (secondary N) is 2. The van der Waals surface area contributed by atoms with Crippen molar-refractivity contribution in [1.82, 2.24) is 9.55 Å². The predicted molar refractivity (Wildman–Crippen MR) is 92.0 cm³/mol. The fourth-order valence-corrected chi connectivity index (χ4v) is 2.07. The van der Waals surface area contributed by atoms with Crippen LogP contribution in [-0.4, -0.2) is 21.4 Å². The summed E-state index contributed by atoms with van der Waals surface area (Å²) in [7, 11) is 0. The average Bonchev–Trinajstić information content (AvgIpc) is 2.50. The highest BCUT2D eigenvalue weighted by atomic mass is 16.2. The van der Waals surface area contributed by atoms with Crippen molar-refractivity contribution >= 4 is 23.2 Å². The van der Waals surface area contributed by atoms with Crippen LogP contribution in [0.25, 0.3) is 0 Å². The first-order valence-corrected chi connectivity index (χ1v) is 7.59. The minimum atomic E-state index is -0.330. The quantitative estimate of drug-likeness (QED) is 0.877. The number of aromatic nitrogens is 2. The first-order valence-electron chi connectivity index (χ1n) is 7.59. The van der Waals surface area contributed by atoms with Crippen molar-refractivity contribution in [2.24, 2.45) is 0 Å². The van der Waals surface area contributed by atoms with Gasteiger partial charge >= 0.3 is 0 Å². The number of hydrogen-bond donors (Lipinski definition) is 2. The Morgan fingerprint density at radius 1 is 1.12 bits per heavy atom. The molecule has 0 aliphatic carbocycles. The molecule has 0 bridgehead atoms. The van der Waals surface area contributed by atoms with Gasteiger partial charge in [-0.25, -0.2) is 4.98 Å². The topological polar surface area (TPSA) is 93.1 Å². The molecule has 1 aromatic heterocycles. The molecule has 2 amide bonds. The Hall–Kier alpha value is -2.96. The molecule has 0 radical (unpaired) electrons. The molecule has 126 valence electrons. The van der Waals surface area contributed by atoms with Crippen LogP contribution in [0, 0.1) is 0 Å². The lowest BCUT2D eigenvalue weighted by atomic mass is 10.1. The monoisotopic (exact) mass is 328 g/mol. The molecule has 0 aliphatic heterocycles. The molecule has 1 aromatic carbocycles. The summed E-state index contributed by atoms with van der Waals surface area (Å²) in [5.41, 5.74) is 1.66. The van der Waals surface area contributed by atoms with Gasteiger partial charge < -0.3 is 10.6 Å². The van der Waals surface area contributed by atoms with Gasteiger partial charge in [0.25, 0.3) is 5.56 Å². The van der Waals surface area contributed by atoms with Crippen LogP contribution < -0.4 is 16.2 Å². The Balaban J connectivity index is 2.00. The molecule has 0 fully saturated rings. The highest BCUT2D eigenvalue weighted by molar-refractivity contribution is 5.92. The summed E-state index contributed by atoms with van der Waals surface area (Å²) in [6, 6.07) is 8.16. The van der Waals surface area contributed by atoms with E-state index in [-0.39, 0.29) is 29.8 Å². The van der Waals surface area contributed by atoms with E-state index >= 15 is 0 Å². The number of rotatable bonds is 5. The molecule has 0 saturated carbocycles. The average molecular weight is 328 g/mol. The number of carbonyl (C=O) groups is 2. The van der Waals surface area contributed by atoms with Crippen LogP contribution in [0.4, 0.5) is 11.4 Å². The van der Waals surface area contributed by atoms with Crippen molar-refractivity contribution in [1.29, 1.82) is 0 Å². The van der Waals surface area contributed by atoms with E-state index in [9.17, 15) is 14.4 Å². The second-order valence-electron chi connectivity index (χ2n) is 5.74. The summed E-state index contributed by atoms with van der Waals surface area (Å²) in [5.74, 6) is -0.338. The van der Waals surface area contributed by atoms with Gasteiger partial charge in [0, 0.05) is 24.4 Å². The molecule has 7 heteroatoms. The number of carbonyl (C=O) groups excluding carboxylic acids is 2. The Labute approximate surface area is 139 Å². The van der Waals surface area contributed by atoms with E-state index in [0.717, 1.165) is 0 Å². The van der Waals surface area contributed by atoms with Gasteiger partial charge in [0.15, 0.2) is 0 Å². The first-order chi connectivity index (χ1) is 11.3. The second kappa shape index (κ2) is 7.54. The zero-order chi connectivity index (χ0) is 17.7. The van der Waals surface area contributed by atoms with Gasteiger partial charge in [-0.15, -0.1) is 0 Å². The smallest absolute Gasteiger partial charge is 0.254 e. The van der Waals surface area contributed by atoms with Crippen LogP contribution in [-0.2, 0) is 16.1 Å². The number of hydrogen-bond acceptors (Lipinski definition) is 4. The van der Waals surface area contributed by atoms with Crippen molar-refractivity contribution < 1.29 is 9.59 Å². The Kier molecular flexibility index (Phi) is 5.47. The molecule has 24 heavy (non-hydrogen) atoms. The Morgan fingerprint density at radius 2 is 1.71 bits per heavy atom. The maximum atomic E-state index is 12.0. The fourth-order valence-electron chi connectivity index (χ4n) is 2.07. The Bertz CT molecular complexity index is 794. The maximum Gasteiger partial charge on any atom is 0.254 e. The molecule has 0 aliphatic rings. The van der Waals surface area contributed by atoms with Crippen LogP contribution in [0.15, 0.2) is 41.5 Å². The zero-order valence-corrected chi connectivity index (χ0v) is 13.9. The van der Waals surface area contributed by atoms with Crippen molar-refractivity contribution in [3.63, 3.8) is 0 Å². The second-order valence-corrected chi connectivity index (χ2v) is 5.74. The van der Waals surface area contributed by atoms with E-state index in [1.807, 2.05) is 13.8 Å². The molecule has 0 saturated heterocycles. The summed E-state index contributed by atoms with van der Waals surface area (Å²) in [5, 5.41) is 5.34. The maximum absolute atomic E-state index is 12.0. The van der Waals surface area contributed by atoms with Crippen LogP contribution in [0.3, 0.4) is 0 Å². The van der Waals surface area contributed by atoms with Gasteiger partial charge in [-0.05, 0) is 30.2 Å². The van der Waals surface area contributed by atoms with Gasteiger partial charge in [0.2, 0.25) is 11.8 Å². The van der Waals surface area contributed by atoms with Crippen molar-refractivity contribution in [3.8, 4) is 0 Å². The lowest BCUT2D eigenvalue weighted by Gasteiger charge is -2.09. The summed E-state index contributed by atoms with van der Waals surface area (Å²) < 4.78 is 1.26. The number of nitrogens with zero attached hydrogens (tertiary/aromatic N) is 2. The van der Waals surface area contributed by atoms with Crippen molar-refractivity contribution in [2.45, 2.75) is 33.2 Å². The van der Waals surface area contributed by atoms with Gasteiger partial charge in [-0.2, -0.15) is 0 Å². The van der Waals surface area contributed by atoms with Gasteiger partial charge in [0.1, 0.15) is 6.54 Å². The van der Waals surface area contributed by atoms with E-state index in [4.69, 9.17) is 0 Å². The minimum absolute atomic E-state index is 0.113. The van der Waals surface area contributed by atoms with Crippen LogP contribution in [0.2, 0.25) is 0 Å². The molecule has 7 nitrogen and oxygen atoms in total. The third-order valence-electron chi connectivity index (χ3n) is 3.30. The third-order valence-corrected chi connectivity index (χ3v) is 3.30. The van der Waals surface area contributed by atoms with E-state index in [2.05, 4.69) is 15.6 Å². The summed E-state index contributed by atoms with van der Waals surface area (Å²) in [6.07, 6.45) is 1.39. The van der Waals surface area contributed by atoms with E-state index in [1.54, 1.807) is 24.3 Å². The standard InChI is InChI=1S/C17H20N4O3/c1-11(2)15-8-17(24)21(10-18-15)9-16(23)20-14-6-4-13(5-7-14)19-12(3)22/h4-8,10-11H,9H2,1-3H3,(H,19,22)(H,20,23). The minimum Gasteiger partial charge on any atom is -0.326 e. The Morgan fingerprint density at radius 3 is 2.21 bits per heavy atom. The molecule has 2 rings (SSSR count). The number of amides is 2. The lowest BCUT2D eigenvalue weighted by Crippen LogP contribution is -2.28. The van der Waals surface area contributed by atoms with Gasteiger partial charge in [-0.3, -0.25) is 19.0 Å². The largest absolute Gasteiger partial charge is 0.326 e. The molecular formula is C17H20N4O3. The number of benzene rings is 1. The van der Waals surface area contributed by atoms with E-state index < -0.39 is 0 Å². The molecule has 0 atom stereocenters. The third kappa shape index (κ3) is 4.77. The normalized spacial score (nSPS) is 10.5. The predicted octanol–water partition coefficient (Wildman–Crippen LogP) is 1.96. The lowest BCUT2D eigenvalue weighted by molar-refractivity contribution is -0.117. The summed E-state index contributed by atoms with van der Waals surface area (Å²) in [4.78, 5) is 39.2.